The van der Waals surface area contributed by atoms with Crippen LogP contribution in [0.3, 0.4) is 0 Å². The lowest BCUT2D eigenvalue weighted by Crippen LogP contribution is -2.61. The number of rotatable bonds is 4. The largest absolute Gasteiger partial charge is 0.352 e. The summed E-state index contributed by atoms with van der Waals surface area (Å²) < 4.78 is 1.76. The van der Waals surface area contributed by atoms with Gasteiger partial charge in [-0.1, -0.05) is 15.9 Å². The van der Waals surface area contributed by atoms with Crippen molar-refractivity contribution in [2.45, 2.75) is 48.4 Å². The van der Waals surface area contributed by atoms with Crippen LogP contribution in [0.1, 0.15) is 44.3 Å². The number of carbonyl (C=O) groups is 3. The van der Waals surface area contributed by atoms with Gasteiger partial charge < -0.3 is 15.2 Å². The van der Waals surface area contributed by atoms with E-state index in [0.717, 1.165) is 32.1 Å². The van der Waals surface area contributed by atoms with E-state index in [9.17, 15) is 14.4 Å². The minimum absolute atomic E-state index is 0.00652. The van der Waals surface area contributed by atoms with Crippen molar-refractivity contribution in [3.05, 3.63) is 18.2 Å². The zero-order valence-corrected chi connectivity index (χ0v) is 17.3. The SMILES string of the molecule is Cn1ccnc1C1(CNC(=O)C23CC4CC(CC(Br)(C4)C2)C3)NC(=O)NC1=O. The van der Waals surface area contributed by atoms with Gasteiger partial charge >= 0.3 is 6.03 Å². The molecule has 3 unspecified atom stereocenters. The molecule has 1 aromatic rings. The summed E-state index contributed by atoms with van der Waals surface area (Å²) in [6, 6.07) is -0.573. The van der Waals surface area contributed by atoms with Crippen molar-refractivity contribution in [3.8, 4) is 0 Å². The van der Waals surface area contributed by atoms with Crippen LogP contribution in [0.5, 0.6) is 0 Å². The van der Waals surface area contributed by atoms with Crippen molar-refractivity contribution in [1.29, 1.82) is 0 Å². The molecule has 4 bridgehead atoms. The van der Waals surface area contributed by atoms with Crippen molar-refractivity contribution < 1.29 is 14.4 Å². The highest BCUT2D eigenvalue weighted by Gasteiger charge is 2.60. The zero-order valence-electron chi connectivity index (χ0n) is 15.8. The van der Waals surface area contributed by atoms with Gasteiger partial charge in [-0.2, -0.15) is 0 Å². The molecule has 150 valence electrons. The number of hydrogen-bond donors (Lipinski definition) is 3. The van der Waals surface area contributed by atoms with Crippen LogP contribution < -0.4 is 16.0 Å². The molecule has 28 heavy (non-hydrogen) atoms. The van der Waals surface area contributed by atoms with Gasteiger partial charge in [-0.05, 0) is 50.4 Å². The topological polar surface area (TPSA) is 105 Å². The van der Waals surface area contributed by atoms with Crippen LogP contribution in [0.2, 0.25) is 0 Å². The lowest BCUT2D eigenvalue weighted by molar-refractivity contribution is -0.144. The second-order valence-electron chi connectivity index (χ2n) is 9.25. The molecule has 8 nitrogen and oxygen atoms in total. The minimum Gasteiger partial charge on any atom is -0.352 e. The van der Waals surface area contributed by atoms with Crippen molar-refractivity contribution in [3.63, 3.8) is 0 Å². The van der Waals surface area contributed by atoms with Gasteiger partial charge in [-0.15, -0.1) is 0 Å². The number of urea groups is 1. The molecular formula is C19H24BrN5O3. The average molecular weight is 450 g/mol. The molecule has 9 heteroatoms. The average Bonchev–Trinajstić information content (AvgIpc) is 3.13. The maximum atomic E-state index is 13.4. The summed E-state index contributed by atoms with van der Waals surface area (Å²) in [4.78, 5) is 42.2. The first kappa shape index (κ1) is 18.1. The normalized spacial score (nSPS) is 41.1. The monoisotopic (exact) mass is 449 g/mol. The van der Waals surface area contributed by atoms with Gasteiger partial charge in [0.2, 0.25) is 5.91 Å². The molecular weight excluding hydrogens is 426 g/mol. The highest BCUT2D eigenvalue weighted by molar-refractivity contribution is 9.10. The first-order chi connectivity index (χ1) is 13.2. The van der Waals surface area contributed by atoms with E-state index in [1.165, 1.54) is 6.42 Å². The Labute approximate surface area is 171 Å². The van der Waals surface area contributed by atoms with Gasteiger partial charge in [-0.25, -0.2) is 9.78 Å². The van der Waals surface area contributed by atoms with Crippen LogP contribution >= 0.6 is 15.9 Å². The minimum atomic E-state index is -1.39. The third-order valence-corrected chi connectivity index (χ3v) is 8.06. The Morgan fingerprint density at radius 1 is 1.32 bits per heavy atom. The third-order valence-electron chi connectivity index (χ3n) is 7.13. The number of nitrogens with one attached hydrogen (secondary N) is 3. The number of hydrogen-bond acceptors (Lipinski definition) is 4. The maximum absolute atomic E-state index is 13.4. The van der Waals surface area contributed by atoms with Crippen molar-refractivity contribution >= 4 is 33.8 Å². The molecule has 4 saturated carbocycles. The van der Waals surface area contributed by atoms with E-state index in [-0.39, 0.29) is 22.2 Å². The predicted molar refractivity (Wildman–Crippen MR) is 103 cm³/mol. The molecule has 3 atom stereocenters. The van der Waals surface area contributed by atoms with Crippen LogP contribution in [0.25, 0.3) is 0 Å². The highest BCUT2D eigenvalue weighted by Crippen LogP contribution is 2.64. The van der Waals surface area contributed by atoms with Crippen molar-refractivity contribution in [1.82, 2.24) is 25.5 Å². The summed E-state index contributed by atoms with van der Waals surface area (Å²) in [5.41, 5.74) is -1.77. The molecule has 6 rings (SSSR count). The molecule has 5 fully saturated rings. The highest BCUT2D eigenvalue weighted by atomic mass is 79.9. The molecule has 0 radical (unpaired) electrons. The lowest BCUT2D eigenvalue weighted by atomic mass is 9.49. The summed E-state index contributed by atoms with van der Waals surface area (Å²) in [6.07, 6.45) is 9.47. The quantitative estimate of drug-likeness (QED) is 0.475. The third kappa shape index (κ3) is 2.54. The summed E-state index contributed by atoms with van der Waals surface area (Å²) in [5, 5.41) is 7.99. The Kier molecular flexibility index (Phi) is 3.76. The first-order valence-electron chi connectivity index (χ1n) is 9.82. The number of imidazole rings is 1. The van der Waals surface area contributed by atoms with Crippen LogP contribution in [0.15, 0.2) is 12.4 Å². The van der Waals surface area contributed by atoms with Gasteiger partial charge in [-0.3, -0.25) is 14.9 Å². The lowest BCUT2D eigenvalue weighted by Gasteiger charge is -2.59. The number of aromatic nitrogens is 2. The van der Waals surface area contributed by atoms with Crippen LogP contribution in [0.4, 0.5) is 4.79 Å². The van der Waals surface area contributed by atoms with Crippen molar-refractivity contribution in [2.24, 2.45) is 24.3 Å². The molecule has 1 aliphatic heterocycles. The first-order valence-corrected chi connectivity index (χ1v) is 10.6. The number of amides is 4. The van der Waals surface area contributed by atoms with Crippen LogP contribution in [0, 0.1) is 17.3 Å². The molecule has 1 aromatic heterocycles. The van der Waals surface area contributed by atoms with E-state index in [1.54, 1.807) is 24.0 Å². The predicted octanol–water partition coefficient (Wildman–Crippen LogP) is 1.30. The smallest absolute Gasteiger partial charge is 0.322 e. The molecule has 3 N–H and O–H groups in total. The van der Waals surface area contributed by atoms with Crippen molar-refractivity contribution in [2.75, 3.05) is 6.54 Å². The molecule has 5 aliphatic rings. The zero-order chi connectivity index (χ0) is 19.7. The molecule has 4 aliphatic carbocycles. The number of carbonyl (C=O) groups excluding carboxylic acids is 3. The maximum Gasteiger partial charge on any atom is 0.322 e. The second kappa shape index (κ2) is 5.81. The molecule has 2 heterocycles. The van der Waals surface area contributed by atoms with Gasteiger partial charge in [0.25, 0.3) is 5.91 Å². The van der Waals surface area contributed by atoms with E-state index in [2.05, 4.69) is 36.9 Å². The van der Waals surface area contributed by atoms with E-state index in [0.29, 0.717) is 17.7 Å². The Morgan fingerprint density at radius 2 is 2.04 bits per heavy atom. The molecule has 1 saturated heterocycles. The van der Waals surface area contributed by atoms with E-state index in [4.69, 9.17) is 0 Å². The number of nitrogens with zero attached hydrogens (tertiary/aromatic N) is 2. The second-order valence-corrected chi connectivity index (χ2v) is 10.9. The summed E-state index contributed by atoms with van der Waals surface area (Å²) in [7, 11) is 1.76. The van der Waals surface area contributed by atoms with Crippen LogP contribution in [-0.4, -0.2) is 38.3 Å². The van der Waals surface area contributed by atoms with E-state index < -0.39 is 17.5 Å². The summed E-state index contributed by atoms with van der Waals surface area (Å²) in [6.45, 7) is -0.0133. The fourth-order valence-corrected chi connectivity index (χ4v) is 7.90. The summed E-state index contributed by atoms with van der Waals surface area (Å²) >= 11 is 3.93. The fourth-order valence-electron chi connectivity index (χ4n) is 6.45. The Morgan fingerprint density at radius 3 is 2.57 bits per heavy atom. The Balaban J connectivity index is 1.40. The van der Waals surface area contributed by atoms with Gasteiger partial charge in [0.05, 0.1) is 12.0 Å². The van der Waals surface area contributed by atoms with Gasteiger partial charge in [0, 0.05) is 23.8 Å². The standard InChI is InChI=1S/C19H24BrN5O3/c1-25-3-2-21-13(25)19(15(27)23-16(28)24-19)10-22-14(26)17-5-11-4-12(6-17)8-18(20,7-11)9-17/h2-3,11-12H,4-10H2,1H3,(H,22,26)(H2,23,24,27,28). The van der Waals surface area contributed by atoms with E-state index in [1.807, 2.05) is 0 Å². The number of halogens is 1. The number of imide groups is 1. The molecule has 0 spiro atoms. The fraction of sp³-hybridized carbons (Fsp3) is 0.684. The Bertz CT molecular complexity index is 869. The number of aryl methyl sites for hydroxylation is 1. The van der Waals surface area contributed by atoms with Gasteiger partial charge in [0.1, 0.15) is 5.82 Å². The van der Waals surface area contributed by atoms with Crippen LogP contribution in [-0.2, 0) is 22.2 Å². The van der Waals surface area contributed by atoms with Gasteiger partial charge in [0.15, 0.2) is 5.54 Å². The van der Waals surface area contributed by atoms with E-state index >= 15 is 0 Å². The molecule has 4 amide bonds. The summed E-state index contributed by atoms with van der Waals surface area (Å²) in [5.74, 6) is 1.08. The molecule has 0 aromatic carbocycles. The Hall–Kier alpha value is -1.90. The number of alkyl halides is 1.